The largest absolute Gasteiger partial charge is 0.393 e. The van der Waals surface area contributed by atoms with E-state index in [9.17, 15) is 0 Å². The van der Waals surface area contributed by atoms with Gasteiger partial charge in [0.1, 0.15) is 5.60 Å². The molecule has 0 amide bonds. The van der Waals surface area contributed by atoms with Crippen LogP contribution in [-0.4, -0.2) is 22.4 Å². The quantitative estimate of drug-likeness (QED) is 0.502. The van der Waals surface area contributed by atoms with Crippen molar-refractivity contribution in [3.05, 3.63) is 12.7 Å². The summed E-state index contributed by atoms with van der Waals surface area (Å²) in [6.45, 7) is 5.98. The van der Waals surface area contributed by atoms with Crippen molar-refractivity contribution in [2.75, 3.05) is 6.61 Å². The maximum Gasteiger partial charge on any atom is 0.103 e. The minimum atomic E-state index is -1.21. The first kappa shape index (κ1) is 6.66. The number of aliphatic hydroxyl groups is 2. The summed E-state index contributed by atoms with van der Waals surface area (Å²) in [5.41, 5.74) is -1.21. The van der Waals surface area contributed by atoms with Crippen LogP contribution in [-0.2, 0) is 0 Å². The molecule has 0 aliphatic heterocycles. The molecule has 0 saturated heterocycles. The molecule has 2 heteroatoms. The normalized spacial score (nSPS) is 18.1. The second kappa shape index (κ2) is 2.09. The SMILES string of the molecule is [CH]=CC(C)(O)CO. The number of aliphatic hydroxyl groups excluding tert-OH is 1. The van der Waals surface area contributed by atoms with Crippen LogP contribution in [0.25, 0.3) is 0 Å². The van der Waals surface area contributed by atoms with E-state index >= 15 is 0 Å². The summed E-state index contributed by atoms with van der Waals surface area (Å²) in [4.78, 5) is 0. The van der Waals surface area contributed by atoms with Gasteiger partial charge in [-0.1, -0.05) is 12.7 Å². The Bertz CT molecular complexity index is 66.5. The highest BCUT2D eigenvalue weighted by atomic mass is 16.3. The topological polar surface area (TPSA) is 40.5 Å². The van der Waals surface area contributed by atoms with Crippen LogP contribution < -0.4 is 0 Å². The molecule has 1 atom stereocenters. The lowest BCUT2D eigenvalue weighted by Gasteiger charge is -2.12. The maximum atomic E-state index is 8.70. The van der Waals surface area contributed by atoms with Gasteiger partial charge in [-0.05, 0) is 6.92 Å². The Balaban J connectivity index is 3.58. The van der Waals surface area contributed by atoms with Crippen molar-refractivity contribution in [3.8, 4) is 0 Å². The van der Waals surface area contributed by atoms with Crippen molar-refractivity contribution in [3.63, 3.8) is 0 Å². The predicted molar refractivity (Wildman–Crippen MR) is 26.6 cm³/mol. The molecule has 1 radical (unpaired) electrons. The highest BCUT2D eigenvalue weighted by Crippen LogP contribution is 1.99. The van der Waals surface area contributed by atoms with Crippen LogP contribution in [0.3, 0.4) is 0 Å². The van der Waals surface area contributed by atoms with Crippen LogP contribution in [0.4, 0.5) is 0 Å². The van der Waals surface area contributed by atoms with E-state index in [0.717, 1.165) is 6.08 Å². The molecule has 0 fully saturated rings. The van der Waals surface area contributed by atoms with E-state index in [2.05, 4.69) is 0 Å². The summed E-state index contributed by atoms with van der Waals surface area (Å²) in [5.74, 6) is 0. The lowest BCUT2D eigenvalue weighted by Crippen LogP contribution is -2.24. The lowest BCUT2D eigenvalue weighted by atomic mass is 10.1. The molecule has 2 nitrogen and oxygen atoms in total. The van der Waals surface area contributed by atoms with Gasteiger partial charge in [0.2, 0.25) is 0 Å². The molecule has 0 bridgehead atoms. The van der Waals surface area contributed by atoms with Gasteiger partial charge in [0.15, 0.2) is 0 Å². The summed E-state index contributed by atoms with van der Waals surface area (Å²) in [7, 11) is 0. The van der Waals surface area contributed by atoms with Crippen LogP contribution in [0, 0.1) is 6.58 Å². The molecule has 0 rings (SSSR count). The third-order valence-corrected chi connectivity index (χ3v) is 0.679. The molecule has 0 saturated carbocycles. The average molecular weight is 101 g/mol. The minimum Gasteiger partial charge on any atom is -0.393 e. The zero-order valence-corrected chi connectivity index (χ0v) is 4.26. The standard InChI is InChI=1S/C5H9O2/c1-3-5(2,7)4-6/h1,3,6-7H,4H2,2H3. The Hall–Kier alpha value is -0.340. The molecule has 41 valence electrons. The Morgan fingerprint density at radius 1 is 1.86 bits per heavy atom. The molecule has 2 N–H and O–H groups in total. The monoisotopic (exact) mass is 101 g/mol. The van der Waals surface area contributed by atoms with E-state index < -0.39 is 5.60 Å². The van der Waals surface area contributed by atoms with E-state index in [-0.39, 0.29) is 6.61 Å². The van der Waals surface area contributed by atoms with E-state index in [4.69, 9.17) is 16.8 Å². The van der Waals surface area contributed by atoms with Gasteiger partial charge < -0.3 is 10.2 Å². The molecule has 0 spiro atoms. The van der Waals surface area contributed by atoms with Crippen LogP contribution in [0.1, 0.15) is 6.92 Å². The molecule has 1 unspecified atom stereocenters. The van der Waals surface area contributed by atoms with Crippen molar-refractivity contribution in [1.82, 2.24) is 0 Å². The van der Waals surface area contributed by atoms with Crippen molar-refractivity contribution >= 4 is 0 Å². The van der Waals surface area contributed by atoms with Gasteiger partial charge in [-0.2, -0.15) is 0 Å². The predicted octanol–water partition coefficient (Wildman–Crippen LogP) is -0.281. The molecular formula is C5H9O2. The van der Waals surface area contributed by atoms with Crippen molar-refractivity contribution < 1.29 is 10.2 Å². The summed E-state index contributed by atoms with van der Waals surface area (Å²) in [6, 6.07) is 0. The van der Waals surface area contributed by atoms with Crippen LogP contribution in [0.2, 0.25) is 0 Å². The summed E-state index contributed by atoms with van der Waals surface area (Å²) in [5, 5.41) is 16.9. The molecule has 7 heavy (non-hydrogen) atoms. The summed E-state index contributed by atoms with van der Waals surface area (Å²) in [6.07, 6.45) is 1.05. The fourth-order valence-corrected chi connectivity index (χ4v) is 0.0527. The molecule has 0 aromatic heterocycles. The first-order valence-corrected chi connectivity index (χ1v) is 2.02. The van der Waals surface area contributed by atoms with Gasteiger partial charge in [-0.25, -0.2) is 0 Å². The lowest BCUT2D eigenvalue weighted by molar-refractivity contribution is 0.0436. The number of hydrogen-bond acceptors (Lipinski definition) is 2. The van der Waals surface area contributed by atoms with Gasteiger partial charge in [-0.15, -0.1) is 0 Å². The Labute approximate surface area is 43.1 Å². The number of rotatable bonds is 2. The maximum absolute atomic E-state index is 8.70. The zero-order chi connectivity index (χ0) is 5.91. The van der Waals surface area contributed by atoms with Gasteiger partial charge in [0, 0.05) is 0 Å². The van der Waals surface area contributed by atoms with E-state index in [1.165, 1.54) is 6.92 Å². The van der Waals surface area contributed by atoms with Gasteiger partial charge in [0.05, 0.1) is 6.61 Å². The second-order valence-corrected chi connectivity index (χ2v) is 1.68. The Morgan fingerprint density at radius 3 is 2.29 bits per heavy atom. The molecular weight excluding hydrogens is 92.1 g/mol. The first-order valence-electron chi connectivity index (χ1n) is 2.02. The van der Waals surface area contributed by atoms with Crippen molar-refractivity contribution in [2.24, 2.45) is 0 Å². The average Bonchev–Trinajstić information content (AvgIpc) is 1.68. The van der Waals surface area contributed by atoms with Crippen LogP contribution in [0.15, 0.2) is 6.08 Å². The highest BCUT2D eigenvalue weighted by molar-refractivity contribution is 4.88. The van der Waals surface area contributed by atoms with Gasteiger partial charge in [-0.3, -0.25) is 0 Å². The third kappa shape index (κ3) is 2.37. The molecule has 0 aromatic rings. The smallest absolute Gasteiger partial charge is 0.103 e. The van der Waals surface area contributed by atoms with Crippen molar-refractivity contribution in [1.29, 1.82) is 0 Å². The van der Waals surface area contributed by atoms with Gasteiger partial charge in [0.25, 0.3) is 0 Å². The first-order chi connectivity index (χ1) is 3.12. The fourth-order valence-electron chi connectivity index (χ4n) is 0.0527. The Kier molecular flexibility index (Phi) is 1.99. The molecule has 0 aromatic carbocycles. The summed E-state index contributed by atoms with van der Waals surface area (Å²) >= 11 is 0. The Morgan fingerprint density at radius 2 is 2.29 bits per heavy atom. The van der Waals surface area contributed by atoms with E-state index in [1.807, 2.05) is 0 Å². The van der Waals surface area contributed by atoms with E-state index in [1.54, 1.807) is 0 Å². The summed E-state index contributed by atoms with van der Waals surface area (Å²) < 4.78 is 0. The molecule has 0 aliphatic rings. The highest BCUT2D eigenvalue weighted by Gasteiger charge is 2.11. The van der Waals surface area contributed by atoms with Crippen LogP contribution in [0.5, 0.6) is 0 Å². The van der Waals surface area contributed by atoms with E-state index in [0.29, 0.717) is 0 Å². The van der Waals surface area contributed by atoms with Crippen LogP contribution >= 0.6 is 0 Å². The zero-order valence-electron chi connectivity index (χ0n) is 4.26. The minimum absolute atomic E-state index is 0.330. The van der Waals surface area contributed by atoms with Gasteiger partial charge >= 0.3 is 0 Å². The second-order valence-electron chi connectivity index (χ2n) is 1.68. The fraction of sp³-hybridized carbons (Fsp3) is 0.600. The molecule has 0 aliphatic carbocycles. The third-order valence-electron chi connectivity index (χ3n) is 0.679. The molecule has 0 heterocycles. The number of hydrogen-bond donors (Lipinski definition) is 2. The van der Waals surface area contributed by atoms with Crippen molar-refractivity contribution in [2.45, 2.75) is 12.5 Å².